The van der Waals surface area contributed by atoms with Gasteiger partial charge in [0.05, 0.1) is 4.91 Å². The van der Waals surface area contributed by atoms with Crippen LogP contribution in [0, 0.1) is 0 Å². The van der Waals surface area contributed by atoms with E-state index in [2.05, 4.69) is 0 Å². The Labute approximate surface area is 174 Å². The lowest BCUT2D eigenvalue weighted by Gasteiger charge is -2.36. The van der Waals surface area contributed by atoms with E-state index in [-0.39, 0.29) is 26.2 Å². The van der Waals surface area contributed by atoms with Gasteiger partial charge in [-0.3, -0.25) is 0 Å². The highest BCUT2D eigenvalue weighted by Gasteiger charge is 2.37. The van der Waals surface area contributed by atoms with E-state index in [1.165, 1.54) is 14.2 Å². The van der Waals surface area contributed by atoms with Gasteiger partial charge in [0.2, 0.25) is 10.0 Å². The van der Waals surface area contributed by atoms with Crippen molar-refractivity contribution in [3.05, 3.63) is 40.3 Å². The molecule has 0 radical (unpaired) electrons. The van der Waals surface area contributed by atoms with Crippen molar-refractivity contribution in [1.82, 2.24) is 12.9 Å². The zero-order valence-corrected chi connectivity index (χ0v) is 18.3. The van der Waals surface area contributed by atoms with Gasteiger partial charge in [-0.25, -0.2) is 8.42 Å². The van der Waals surface area contributed by atoms with Crippen molar-refractivity contribution in [2.75, 3.05) is 39.3 Å². The molecule has 3 aliphatic rings. The Morgan fingerprint density at radius 2 is 1.24 bits per heavy atom. The topological polar surface area (TPSA) is 78.0 Å². The number of nitrogens with zero attached hydrogens (tertiary/aromatic N) is 3. The minimum Gasteiger partial charge on any atom is -0.207 e. The molecule has 1 aromatic rings. The molecule has 0 unspecified atom stereocenters. The van der Waals surface area contributed by atoms with E-state index in [9.17, 15) is 16.8 Å². The summed E-state index contributed by atoms with van der Waals surface area (Å²) in [7, 11) is -7.08. The predicted molar refractivity (Wildman–Crippen MR) is 114 cm³/mol. The van der Waals surface area contributed by atoms with Crippen molar-refractivity contribution in [3.63, 3.8) is 0 Å². The van der Waals surface area contributed by atoms with Crippen LogP contribution in [0.4, 0.5) is 0 Å². The molecular formula is C20H29N3O4S2. The predicted octanol–water partition coefficient (Wildman–Crippen LogP) is 2.04. The molecule has 2 fully saturated rings. The first kappa shape index (κ1) is 21.0. The standard InChI is InChI=1S/C20H29N3O4S2/c24-28(25,20-10-9-18-7-3-4-8-19(18)17-20)21-13-15-23(16-14-21)29(26,27)22-11-5-1-2-6-12-22/h3-4,7-8,17H,1-2,5-6,9-16H2. The highest BCUT2D eigenvalue weighted by molar-refractivity contribution is 7.93. The molecule has 7 nitrogen and oxygen atoms in total. The van der Waals surface area contributed by atoms with Crippen LogP contribution in [0.1, 0.15) is 43.2 Å². The first-order chi connectivity index (χ1) is 13.9. The van der Waals surface area contributed by atoms with Crippen LogP contribution < -0.4 is 0 Å². The quantitative estimate of drug-likeness (QED) is 0.719. The highest BCUT2D eigenvalue weighted by atomic mass is 32.2. The average Bonchev–Trinajstić information content (AvgIpc) is 3.04. The summed E-state index contributed by atoms with van der Waals surface area (Å²) in [6.07, 6.45) is 6.89. The van der Waals surface area contributed by atoms with Crippen LogP contribution in [0.3, 0.4) is 0 Å². The number of rotatable bonds is 4. The lowest BCUT2D eigenvalue weighted by molar-refractivity contribution is 0.255. The summed E-state index contributed by atoms with van der Waals surface area (Å²) in [6.45, 7) is 1.95. The molecule has 0 spiro atoms. The Balaban J connectivity index is 1.45. The molecule has 0 aromatic heterocycles. The van der Waals surface area contributed by atoms with Gasteiger partial charge < -0.3 is 0 Å². The van der Waals surface area contributed by atoms with Gasteiger partial charge in [0.1, 0.15) is 0 Å². The van der Waals surface area contributed by atoms with Crippen LogP contribution in [-0.2, 0) is 26.7 Å². The van der Waals surface area contributed by atoms with E-state index in [1.54, 1.807) is 10.4 Å². The van der Waals surface area contributed by atoms with Gasteiger partial charge in [-0.15, -0.1) is 0 Å². The maximum Gasteiger partial charge on any atom is 0.282 e. The first-order valence-corrected chi connectivity index (χ1v) is 13.3. The number of hydrogen-bond donors (Lipinski definition) is 0. The van der Waals surface area contributed by atoms with Crippen LogP contribution >= 0.6 is 0 Å². The Kier molecular flexibility index (Phi) is 6.13. The van der Waals surface area contributed by atoms with E-state index in [0.29, 0.717) is 30.8 Å². The molecule has 0 atom stereocenters. The SMILES string of the molecule is O=S(=O)(C1=Cc2ccccc2CC1)N1CCN(S(=O)(=O)N2CCCCCC2)CC1. The Morgan fingerprint density at radius 1 is 0.655 bits per heavy atom. The summed E-state index contributed by atoms with van der Waals surface area (Å²) in [6, 6.07) is 7.85. The molecule has 2 saturated heterocycles. The summed E-state index contributed by atoms with van der Waals surface area (Å²) in [4.78, 5) is 0.431. The number of piperazine rings is 1. The Hall–Kier alpha value is -1.26. The van der Waals surface area contributed by atoms with Crippen molar-refractivity contribution in [3.8, 4) is 0 Å². The molecule has 0 N–H and O–H groups in total. The van der Waals surface area contributed by atoms with Gasteiger partial charge in [0.25, 0.3) is 10.2 Å². The molecule has 0 bridgehead atoms. The molecular weight excluding hydrogens is 410 g/mol. The van der Waals surface area contributed by atoms with Gasteiger partial charge >= 0.3 is 0 Å². The van der Waals surface area contributed by atoms with E-state index in [0.717, 1.165) is 31.2 Å². The van der Waals surface area contributed by atoms with E-state index < -0.39 is 20.2 Å². The fourth-order valence-electron chi connectivity index (χ4n) is 4.35. The highest BCUT2D eigenvalue weighted by Crippen LogP contribution is 2.29. The molecule has 160 valence electrons. The minimum atomic E-state index is -3.57. The molecule has 1 aliphatic carbocycles. The van der Waals surface area contributed by atoms with Crippen LogP contribution in [0.2, 0.25) is 0 Å². The van der Waals surface area contributed by atoms with Gasteiger partial charge in [0, 0.05) is 39.3 Å². The van der Waals surface area contributed by atoms with Crippen molar-refractivity contribution in [1.29, 1.82) is 0 Å². The zero-order chi connectivity index (χ0) is 20.5. The van der Waals surface area contributed by atoms with E-state index >= 15 is 0 Å². The lowest BCUT2D eigenvalue weighted by atomic mass is 9.98. The second-order valence-electron chi connectivity index (χ2n) is 7.93. The maximum absolute atomic E-state index is 13.1. The fourth-order valence-corrected chi connectivity index (χ4v) is 7.63. The molecule has 9 heteroatoms. The fraction of sp³-hybridized carbons (Fsp3) is 0.600. The molecule has 4 rings (SSSR count). The maximum atomic E-state index is 13.1. The second-order valence-corrected chi connectivity index (χ2v) is 11.9. The second kappa shape index (κ2) is 8.47. The number of allylic oxidation sites excluding steroid dienone is 1. The third-order valence-corrected chi connectivity index (χ3v) is 10.2. The monoisotopic (exact) mass is 439 g/mol. The van der Waals surface area contributed by atoms with Gasteiger partial charge in [-0.1, -0.05) is 37.1 Å². The number of fused-ring (bicyclic) bond motifs is 1. The third-order valence-electron chi connectivity index (χ3n) is 6.10. The van der Waals surface area contributed by atoms with Gasteiger partial charge in [-0.2, -0.15) is 21.3 Å². The van der Waals surface area contributed by atoms with Crippen molar-refractivity contribution in [2.45, 2.75) is 38.5 Å². The molecule has 2 aliphatic heterocycles. The first-order valence-electron chi connectivity index (χ1n) is 10.4. The molecule has 1 aromatic carbocycles. The molecule has 29 heavy (non-hydrogen) atoms. The third kappa shape index (κ3) is 4.29. The summed E-state index contributed by atoms with van der Waals surface area (Å²) in [5.74, 6) is 0. The van der Waals surface area contributed by atoms with E-state index in [1.807, 2.05) is 24.3 Å². The number of aryl methyl sites for hydroxylation is 1. The summed E-state index contributed by atoms with van der Waals surface area (Å²) in [5.41, 5.74) is 2.12. The average molecular weight is 440 g/mol. The number of sulfonamides is 1. The zero-order valence-electron chi connectivity index (χ0n) is 16.7. The Bertz CT molecular complexity index is 973. The lowest BCUT2D eigenvalue weighted by Crippen LogP contribution is -2.54. The normalized spacial score (nSPS) is 23.2. The molecule has 2 heterocycles. The number of hydrogen-bond acceptors (Lipinski definition) is 4. The van der Waals surface area contributed by atoms with Gasteiger partial charge in [0.15, 0.2) is 0 Å². The summed E-state index contributed by atoms with van der Waals surface area (Å²) < 4.78 is 56.7. The summed E-state index contributed by atoms with van der Waals surface area (Å²) in [5, 5.41) is 0. The van der Waals surface area contributed by atoms with Crippen LogP contribution in [-0.4, -0.2) is 69.0 Å². The summed E-state index contributed by atoms with van der Waals surface area (Å²) >= 11 is 0. The molecule has 0 amide bonds. The number of benzene rings is 1. The van der Waals surface area contributed by atoms with Crippen LogP contribution in [0.15, 0.2) is 29.2 Å². The smallest absolute Gasteiger partial charge is 0.207 e. The largest absolute Gasteiger partial charge is 0.282 e. The minimum absolute atomic E-state index is 0.203. The van der Waals surface area contributed by atoms with Crippen LogP contribution in [0.5, 0.6) is 0 Å². The van der Waals surface area contributed by atoms with Crippen molar-refractivity contribution >= 4 is 26.3 Å². The van der Waals surface area contributed by atoms with Crippen molar-refractivity contribution in [2.24, 2.45) is 0 Å². The Morgan fingerprint density at radius 3 is 1.93 bits per heavy atom. The van der Waals surface area contributed by atoms with E-state index in [4.69, 9.17) is 0 Å². The van der Waals surface area contributed by atoms with Crippen LogP contribution in [0.25, 0.3) is 6.08 Å². The molecule has 0 saturated carbocycles. The van der Waals surface area contributed by atoms with Crippen molar-refractivity contribution < 1.29 is 16.8 Å². The van der Waals surface area contributed by atoms with Gasteiger partial charge in [-0.05, 0) is 42.9 Å².